The Morgan fingerprint density at radius 1 is 0.929 bits per heavy atom. The lowest BCUT2D eigenvalue weighted by Gasteiger charge is -2.47. The first-order valence-electron chi connectivity index (χ1n) is 6.63. The molecule has 0 heteroatoms. The maximum Gasteiger partial charge on any atom is -0.0138 e. The SMILES string of the molecule is C1=C2C3CC3C3CC3C2C2CCC2C1. The average Bonchev–Trinajstić information content (AvgIpc) is 2.96. The molecular weight excluding hydrogens is 168 g/mol. The van der Waals surface area contributed by atoms with Crippen LogP contribution in [-0.2, 0) is 0 Å². The molecule has 7 unspecified atom stereocenters. The second-order valence-electron chi connectivity index (χ2n) is 6.54. The van der Waals surface area contributed by atoms with E-state index in [0.717, 1.165) is 23.7 Å². The van der Waals surface area contributed by atoms with E-state index in [1.807, 2.05) is 5.57 Å². The summed E-state index contributed by atoms with van der Waals surface area (Å²) in [6.07, 6.45) is 10.5. The van der Waals surface area contributed by atoms with Crippen molar-refractivity contribution in [2.75, 3.05) is 0 Å². The van der Waals surface area contributed by atoms with Crippen molar-refractivity contribution < 1.29 is 0 Å². The summed E-state index contributed by atoms with van der Waals surface area (Å²) in [5.74, 6) is 8.06. The molecule has 0 amide bonds. The number of rotatable bonds is 0. The standard InChI is InChI=1S/C14H18/c1-3-8-7(1)2-4-9-10-5-11(10)12-6-13(12)14(8)9/h4,7-8,10-14H,1-3,5-6H2. The van der Waals surface area contributed by atoms with Crippen LogP contribution in [0.4, 0.5) is 0 Å². The van der Waals surface area contributed by atoms with Gasteiger partial charge < -0.3 is 0 Å². The van der Waals surface area contributed by atoms with Gasteiger partial charge in [-0.25, -0.2) is 0 Å². The van der Waals surface area contributed by atoms with Gasteiger partial charge in [0, 0.05) is 0 Å². The van der Waals surface area contributed by atoms with Crippen LogP contribution < -0.4 is 0 Å². The van der Waals surface area contributed by atoms with Crippen molar-refractivity contribution in [2.24, 2.45) is 41.4 Å². The van der Waals surface area contributed by atoms with Gasteiger partial charge in [-0.05, 0) is 73.5 Å². The molecule has 0 aliphatic heterocycles. The minimum Gasteiger partial charge on any atom is -0.0845 e. The van der Waals surface area contributed by atoms with Crippen LogP contribution in [0.5, 0.6) is 0 Å². The number of fused-ring (bicyclic) bond motifs is 8. The van der Waals surface area contributed by atoms with Crippen LogP contribution in [0, 0.1) is 41.4 Å². The van der Waals surface area contributed by atoms with Crippen molar-refractivity contribution in [3.8, 4) is 0 Å². The highest BCUT2D eigenvalue weighted by Crippen LogP contribution is 2.73. The van der Waals surface area contributed by atoms with E-state index >= 15 is 0 Å². The van der Waals surface area contributed by atoms with E-state index in [2.05, 4.69) is 6.08 Å². The van der Waals surface area contributed by atoms with E-state index in [0.29, 0.717) is 0 Å². The number of allylic oxidation sites excluding steroid dienone is 2. The molecule has 4 saturated carbocycles. The zero-order chi connectivity index (χ0) is 8.86. The fourth-order valence-corrected chi connectivity index (χ4v) is 5.21. The lowest BCUT2D eigenvalue weighted by Crippen LogP contribution is -2.39. The summed E-state index contributed by atoms with van der Waals surface area (Å²) in [4.78, 5) is 0. The molecule has 0 aromatic carbocycles. The molecule has 7 atom stereocenters. The minimum atomic E-state index is 1.10. The molecule has 74 valence electrons. The van der Waals surface area contributed by atoms with Crippen molar-refractivity contribution in [2.45, 2.75) is 32.1 Å². The molecule has 0 bridgehead atoms. The summed E-state index contributed by atoms with van der Waals surface area (Å²) in [6, 6.07) is 0. The summed E-state index contributed by atoms with van der Waals surface area (Å²) in [5, 5.41) is 0. The lowest BCUT2D eigenvalue weighted by atomic mass is 9.57. The molecule has 0 aromatic heterocycles. The third-order valence-corrected chi connectivity index (χ3v) is 6.15. The summed E-state index contributed by atoms with van der Waals surface area (Å²) < 4.78 is 0. The van der Waals surface area contributed by atoms with Crippen LogP contribution in [0.3, 0.4) is 0 Å². The van der Waals surface area contributed by atoms with Crippen molar-refractivity contribution in [1.29, 1.82) is 0 Å². The molecule has 0 spiro atoms. The quantitative estimate of drug-likeness (QED) is 0.509. The Kier molecular flexibility index (Phi) is 1.00. The average molecular weight is 186 g/mol. The van der Waals surface area contributed by atoms with Gasteiger partial charge >= 0.3 is 0 Å². The van der Waals surface area contributed by atoms with Crippen LogP contribution in [0.25, 0.3) is 0 Å². The smallest absolute Gasteiger partial charge is 0.0138 e. The fraction of sp³-hybridized carbons (Fsp3) is 0.857. The monoisotopic (exact) mass is 186 g/mol. The van der Waals surface area contributed by atoms with Gasteiger partial charge in [-0.15, -0.1) is 0 Å². The number of hydrogen-bond donors (Lipinski definition) is 0. The van der Waals surface area contributed by atoms with Gasteiger partial charge in [0.2, 0.25) is 0 Å². The molecule has 5 aliphatic rings. The molecule has 5 aliphatic carbocycles. The predicted molar refractivity (Wildman–Crippen MR) is 55.6 cm³/mol. The Balaban J connectivity index is 1.62. The van der Waals surface area contributed by atoms with Crippen LogP contribution in [-0.4, -0.2) is 0 Å². The van der Waals surface area contributed by atoms with E-state index in [4.69, 9.17) is 0 Å². The van der Waals surface area contributed by atoms with Gasteiger partial charge in [-0.2, -0.15) is 0 Å². The minimum absolute atomic E-state index is 1.10. The van der Waals surface area contributed by atoms with Crippen LogP contribution in [0.1, 0.15) is 32.1 Å². The molecule has 0 aromatic rings. The summed E-state index contributed by atoms with van der Waals surface area (Å²) in [5.41, 5.74) is 1.97. The van der Waals surface area contributed by atoms with E-state index < -0.39 is 0 Å². The highest BCUT2D eigenvalue weighted by atomic mass is 14.7. The topological polar surface area (TPSA) is 0 Å². The van der Waals surface area contributed by atoms with Crippen LogP contribution >= 0.6 is 0 Å². The van der Waals surface area contributed by atoms with Crippen molar-refractivity contribution >= 4 is 0 Å². The Labute approximate surface area is 85.8 Å². The Morgan fingerprint density at radius 3 is 2.79 bits per heavy atom. The largest absolute Gasteiger partial charge is 0.0845 e. The molecule has 0 saturated heterocycles. The maximum atomic E-state index is 2.68. The summed E-state index contributed by atoms with van der Waals surface area (Å²) >= 11 is 0. The summed E-state index contributed by atoms with van der Waals surface area (Å²) in [7, 11) is 0. The van der Waals surface area contributed by atoms with Gasteiger partial charge in [-0.3, -0.25) is 0 Å². The molecular formula is C14H18. The second-order valence-corrected chi connectivity index (χ2v) is 6.54. The normalized spacial score (nSPS) is 66.3. The van der Waals surface area contributed by atoms with E-state index in [1.165, 1.54) is 24.2 Å². The second kappa shape index (κ2) is 1.99. The first-order chi connectivity index (χ1) is 6.93. The Hall–Kier alpha value is -0.260. The zero-order valence-corrected chi connectivity index (χ0v) is 8.65. The fourth-order valence-electron chi connectivity index (χ4n) is 5.21. The lowest BCUT2D eigenvalue weighted by molar-refractivity contribution is 0.0856. The van der Waals surface area contributed by atoms with Crippen molar-refractivity contribution in [3.05, 3.63) is 11.6 Å². The van der Waals surface area contributed by atoms with Gasteiger partial charge in [0.05, 0.1) is 0 Å². The number of hydrogen-bond acceptors (Lipinski definition) is 0. The zero-order valence-electron chi connectivity index (χ0n) is 8.65. The highest BCUT2D eigenvalue weighted by Gasteiger charge is 2.65. The molecule has 0 N–H and O–H groups in total. The molecule has 14 heavy (non-hydrogen) atoms. The van der Waals surface area contributed by atoms with Crippen LogP contribution in [0.15, 0.2) is 11.6 Å². The molecule has 4 fully saturated rings. The van der Waals surface area contributed by atoms with Gasteiger partial charge in [-0.1, -0.05) is 11.6 Å². The first-order valence-corrected chi connectivity index (χ1v) is 6.63. The van der Waals surface area contributed by atoms with E-state index in [1.54, 1.807) is 25.7 Å². The predicted octanol–water partition coefficient (Wildman–Crippen LogP) is 3.24. The third-order valence-electron chi connectivity index (χ3n) is 6.15. The molecule has 0 radical (unpaired) electrons. The van der Waals surface area contributed by atoms with Crippen molar-refractivity contribution in [1.82, 2.24) is 0 Å². The van der Waals surface area contributed by atoms with Gasteiger partial charge in [0.15, 0.2) is 0 Å². The van der Waals surface area contributed by atoms with E-state index in [-0.39, 0.29) is 0 Å². The van der Waals surface area contributed by atoms with Crippen LogP contribution in [0.2, 0.25) is 0 Å². The Bertz CT molecular complexity index is 340. The first kappa shape index (κ1) is 7.09. The summed E-state index contributed by atoms with van der Waals surface area (Å²) in [6.45, 7) is 0. The van der Waals surface area contributed by atoms with Gasteiger partial charge in [0.25, 0.3) is 0 Å². The molecule has 0 nitrogen and oxygen atoms in total. The van der Waals surface area contributed by atoms with E-state index in [9.17, 15) is 0 Å². The van der Waals surface area contributed by atoms with Gasteiger partial charge in [0.1, 0.15) is 0 Å². The molecule has 5 rings (SSSR count). The third kappa shape index (κ3) is 0.647. The maximum absolute atomic E-state index is 2.68. The highest BCUT2D eigenvalue weighted by molar-refractivity contribution is 5.33. The molecule has 0 heterocycles. The Morgan fingerprint density at radius 2 is 1.93 bits per heavy atom. The van der Waals surface area contributed by atoms with Crippen molar-refractivity contribution in [3.63, 3.8) is 0 Å².